The Morgan fingerprint density at radius 2 is 2.00 bits per heavy atom. The Morgan fingerprint density at radius 3 is 2.67 bits per heavy atom. The Kier molecular flexibility index (Phi) is 3.89. The molecule has 0 aromatic heterocycles. The van der Waals surface area contributed by atoms with Crippen LogP contribution in [0.15, 0.2) is 30.3 Å². The second-order valence-electron chi connectivity index (χ2n) is 5.59. The molecule has 1 atom stereocenters. The van der Waals surface area contributed by atoms with Gasteiger partial charge in [0.05, 0.1) is 19.1 Å². The molecular formula is C18H16O6. The fourth-order valence-corrected chi connectivity index (χ4v) is 2.93. The quantitative estimate of drug-likeness (QED) is 0.511. The molecule has 2 aromatic rings. The average Bonchev–Trinajstić information content (AvgIpc) is 2.54. The molecule has 124 valence electrons. The van der Waals surface area contributed by atoms with Crippen LogP contribution in [0.1, 0.15) is 40.7 Å². The Bertz CT molecular complexity index is 840. The lowest BCUT2D eigenvalue weighted by Gasteiger charge is -2.26. The predicted molar refractivity (Wildman–Crippen MR) is 84.9 cm³/mol. The zero-order chi connectivity index (χ0) is 17.4. The van der Waals surface area contributed by atoms with Crippen molar-refractivity contribution >= 4 is 11.8 Å². The summed E-state index contributed by atoms with van der Waals surface area (Å²) in [5.74, 6) is -0.953. The van der Waals surface area contributed by atoms with Crippen molar-refractivity contribution in [2.45, 2.75) is 19.3 Å². The van der Waals surface area contributed by atoms with Crippen molar-refractivity contribution in [1.82, 2.24) is 0 Å². The first-order valence-corrected chi connectivity index (χ1v) is 7.36. The fourth-order valence-electron chi connectivity index (χ4n) is 2.93. The van der Waals surface area contributed by atoms with Gasteiger partial charge >= 0.3 is 5.97 Å². The van der Waals surface area contributed by atoms with Crippen LogP contribution in [-0.4, -0.2) is 29.1 Å². The normalized spacial score (nSPS) is 16.2. The van der Waals surface area contributed by atoms with Gasteiger partial charge in [-0.15, -0.1) is 0 Å². The van der Waals surface area contributed by atoms with Crippen molar-refractivity contribution in [3.8, 4) is 23.0 Å². The second kappa shape index (κ2) is 5.88. The molecule has 6 nitrogen and oxygen atoms in total. The number of benzene rings is 2. The van der Waals surface area contributed by atoms with Crippen LogP contribution < -0.4 is 9.47 Å². The van der Waals surface area contributed by atoms with Gasteiger partial charge in [0.1, 0.15) is 11.5 Å². The summed E-state index contributed by atoms with van der Waals surface area (Å²) in [6, 6.07) is 7.64. The number of methoxy groups -OCH3 is 1. The molecule has 0 saturated carbocycles. The first kappa shape index (κ1) is 15.9. The van der Waals surface area contributed by atoms with E-state index in [-0.39, 0.29) is 40.8 Å². The molecule has 0 spiro atoms. The minimum atomic E-state index is -0.505. The predicted octanol–water partition coefficient (Wildman–Crippen LogP) is 2.75. The van der Waals surface area contributed by atoms with Gasteiger partial charge in [-0.1, -0.05) is 6.07 Å². The first-order chi connectivity index (χ1) is 11.4. The van der Waals surface area contributed by atoms with E-state index in [4.69, 9.17) is 9.47 Å². The molecule has 0 unspecified atom stereocenters. The third kappa shape index (κ3) is 2.56. The highest BCUT2D eigenvalue weighted by Crippen LogP contribution is 2.46. The van der Waals surface area contributed by atoms with E-state index in [1.165, 1.54) is 32.2 Å². The molecule has 6 heteroatoms. The Balaban J connectivity index is 2.19. The summed E-state index contributed by atoms with van der Waals surface area (Å²) in [6.07, 6.45) is 0.00977. The van der Waals surface area contributed by atoms with Crippen LogP contribution in [0, 0.1) is 0 Å². The number of fused-ring (bicyclic) bond motifs is 1. The van der Waals surface area contributed by atoms with Gasteiger partial charge < -0.3 is 19.7 Å². The summed E-state index contributed by atoms with van der Waals surface area (Å²) >= 11 is 0. The smallest absolute Gasteiger partial charge is 0.312 e. The molecular weight excluding hydrogens is 312 g/mol. The van der Waals surface area contributed by atoms with Crippen LogP contribution in [0.2, 0.25) is 0 Å². The van der Waals surface area contributed by atoms with Crippen molar-refractivity contribution in [2.24, 2.45) is 0 Å². The summed E-state index contributed by atoms with van der Waals surface area (Å²) in [7, 11) is 1.42. The monoisotopic (exact) mass is 328 g/mol. The number of rotatable bonds is 3. The summed E-state index contributed by atoms with van der Waals surface area (Å²) in [4.78, 5) is 23.6. The molecule has 0 saturated heterocycles. The standard InChI is InChI=1S/C18H16O6/c1-9(19)11-4-6-14-17(18(11)22)12(8-16(21)24-14)10-3-5-13(20)15(7-10)23-2/h3-7,12,20,22H,8H2,1-2H3/t12-/m0/s1. The molecule has 2 aromatic carbocycles. The van der Waals surface area contributed by atoms with Gasteiger partial charge in [0.2, 0.25) is 0 Å². The highest BCUT2D eigenvalue weighted by atomic mass is 16.5. The van der Waals surface area contributed by atoms with E-state index in [1.54, 1.807) is 12.1 Å². The highest BCUT2D eigenvalue weighted by Gasteiger charge is 2.33. The topological polar surface area (TPSA) is 93.1 Å². The molecule has 0 aliphatic carbocycles. The second-order valence-corrected chi connectivity index (χ2v) is 5.59. The maximum atomic E-state index is 11.9. The fraction of sp³-hybridized carbons (Fsp3) is 0.222. The summed E-state index contributed by atoms with van der Waals surface area (Å²) in [5, 5.41) is 20.3. The summed E-state index contributed by atoms with van der Waals surface area (Å²) < 4.78 is 10.3. The SMILES string of the molecule is COc1cc([C@@H]2CC(=O)Oc3ccc(C(C)=O)c(O)c32)ccc1O. The number of ketones is 1. The molecule has 0 bridgehead atoms. The van der Waals surface area contributed by atoms with Crippen LogP contribution in [-0.2, 0) is 4.79 Å². The number of phenolic OH excluding ortho intramolecular Hbond substituents is 2. The third-order valence-electron chi connectivity index (χ3n) is 4.11. The van der Waals surface area contributed by atoms with Gasteiger partial charge in [0.15, 0.2) is 17.3 Å². The molecule has 2 N–H and O–H groups in total. The van der Waals surface area contributed by atoms with Gasteiger partial charge in [-0.05, 0) is 36.8 Å². The van der Waals surface area contributed by atoms with Crippen LogP contribution in [0.5, 0.6) is 23.0 Å². The molecule has 0 radical (unpaired) electrons. The molecule has 3 rings (SSSR count). The maximum Gasteiger partial charge on any atom is 0.312 e. The number of hydrogen-bond acceptors (Lipinski definition) is 6. The van der Waals surface area contributed by atoms with Crippen LogP contribution in [0.4, 0.5) is 0 Å². The number of aromatic hydroxyl groups is 2. The van der Waals surface area contributed by atoms with E-state index >= 15 is 0 Å². The van der Waals surface area contributed by atoms with Gasteiger partial charge in [0, 0.05) is 11.5 Å². The Morgan fingerprint density at radius 1 is 1.25 bits per heavy atom. The zero-order valence-electron chi connectivity index (χ0n) is 13.2. The van der Waals surface area contributed by atoms with E-state index in [0.29, 0.717) is 11.1 Å². The van der Waals surface area contributed by atoms with Crippen LogP contribution in [0.25, 0.3) is 0 Å². The van der Waals surface area contributed by atoms with Crippen LogP contribution in [0.3, 0.4) is 0 Å². The lowest BCUT2D eigenvalue weighted by Crippen LogP contribution is -2.21. The van der Waals surface area contributed by atoms with E-state index in [1.807, 2.05) is 0 Å². The minimum Gasteiger partial charge on any atom is -0.507 e. The van der Waals surface area contributed by atoms with E-state index in [9.17, 15) is 19.8 Å². The average molecular weight is 328 g/mol. The molecule has 0 fully saturated rings. The van der Waals surface area contributed by atoms with E-state index < -0.39 is 11.9 Å². The van der Waals surface area contributed by atoms with Crippen molar-refractivity contribution in [1.29, 1.82) is 0 Å². The van der Waals surface area contributed by atoms with Crippen molar-refractivity contribution in [3.63, 3.8) is 0 Å². The molecule has 0 amide bonds. The number of Topliss-reactive ketones (excluding diaryl/α,β-unsaturated/α-hetero) is 1. The lowest BCUT2D eigenvalue weighted by molar-refractivity contribution is -0.135. The number of ether oxygens (including phenoxy) is 2. The van der Waals surface area contributed by atoms with E-state index in [0.717, 1.165) is 0 Å². The van der Waals surface area contributed by atoms with Crippen molar-refractivity contribution in [3.05, 3.63) is 47.0 Å². The highest BCUT2D eigenvalue weighted by molar-refractivity contribution is 5.98. The number of phenols is 2. The third-order valence-corrected chi connectivity index (χ3v) is 4.11. The van der Waals surface area contributed by atoms with Crippen molar-refractivity contribution < 1.29 is 29.3 Å². The number of esters is 1. The lowest BCUT2D eigenvalue weighted by atomic mass is 9.84. The molecule has 1 aliphatic rings. The largest absolute Gasteiger partial charge is 0.507 e. The number of hydrogen-bond donors (Lipinski definition) is 2. The Labute approximate surface area is 138 Å². The van der Waals surface area contributed by atoms with Gasteiger partial charge in [0.25, 0.3) is 0 Å². The van der Waals surface area contributed by atoms with Gasteiger partial charge in [-0.3, -0.25) is 9.59 Å². The summed E-state index contributed by atoms with van der Waals surface area (Å²) in [6.45, 7) is 1.36. The van der Waals surface area contributed by atoms with Gasteiger partial charge in [-0.2, -0.15) is 0 Å². The molecule has 1 aliphatic heterocycles. The maximum absolute atomic E-state index is 11.9. The zero-order valence-corrected chi connectivity index (χ0v) is 13.2. The minimum absolute atomic E-state index is 0.00977. The number of carbonyl (C=O) groups is 2. The van der Waals surface area contributed by atoms with Gasteiger partial charge in [-0.25, -0.2) is 0 Å². The number of carbonyl (C=O) groups excluding carboxylic acids is 2. The first-order valence-electron chi connectivity index (χ1n) is 7.36. The van der Waals surface area contributed by atoms with Crippen molar-refractivity contribution in [2.75, 3.05) is 7.11 Å². The van der Waals surface area contributed by atoms with E-state index in [2.05, 4.69) is 0 Å². The summed E-state index contributed by atoms with van der Waals surface area (Å²) in [5.41, 5.74) is 1.22. The molecule has 24 heavy (non-hydrogen) atoms. The molecule has 1 heterocycles. The van der Waals surface area contributed by atoms with Crippen LogP contribution >= 0.6 is 0 Å². The Hall–Kier alpha value is -3.02.